The number of aliphatic imine (C=N–C) groups is 3. The van der Waals surface area contributed by atoms with E-state index >= 15 is 0 Å². The van der Waals surface area contributed by atoms with Crippen LogP contribution >= 0.6 is 0 Å². The highest BCUT2D eigenvalue weighted by Crippen LogP contribution is 2.57. The molecular weight excluding hydrogens is 580 g/mol. The number of benzene rings is 4. The zero-order valence-corrected chi connectivity index (χ0v) is 27.4. The van der Waals surface area contributed by atoms with Crippen LogP contribution in [-0.2, 0) is 5.91 Å². The molecule has 0 saturated heterocycles. The average Bonchev–Trinajstić information content (AvgIpc) is 3.87. The van der Waals surface area contributed by atoms with Crippen LogP contribution in [-0.4, -0.2) is 47.8 Å². The van der Waals surface area contributed by atoms with Gasteiger partial charge in [0.25, 0.3) is 17.5 Å². The lowest BCUT2D eigenvalue weighted by Gasteiger charge is -2.49. The van der Waals surface area contributed by atoms with Gasteiger partial charge in [0.2, 0.25) is 23.3 Å². The van der Waals surface area contributed by atoms with E-state index in [0.29, 0.717) is 0 Å². The molecule has 1 spiro atoms. The van der Waals surface area contributed by atoms with Gasteiger partial charge in [0, 0.05) is 21.9 Å². The Morgan fingerprint density at radius 2 is 1.09 bits per heavy atom. The highest BCUT2D eigenvalue weighted by atomic mass is 15.7. The first kappa shape index (κ1) is 27.7. The molecule has 0 bridgehead atoms. The fraction of sp³-hybridized carbons (Fsp3) is 0.205. The van der Waals surface area contributed by atoms with Gasteiger partial charge in [0.1, 0.15) is 0 Å². The number of hydrogen-bond acceptors (Lipinski definition) is 5. The minimum absolute atomic E-state index is 0.127. The van der Waals surface area contributed by atoms with Crippen LogP contribution in [0.1, 0.15) is 81.1 Å². The molecule has 4 aromatic carbocycles. The number of nitrogens with one attached hydrogen (secondary N) is 1. The lowest BCUT2D eigenvalue weighted by molar-refractivity contribution is -0.813. The third kappa shape index (κ3) is 2.93. The van der Waals surface area contributed by atoms with Crippen LogP contribution in [0.15, 0.2) is 112 Å². The quantitative estimate of drug-likeness (QED) is 0.184. The van der Waals surface area contributed by atoms with Gasteiger partial charge in [-0.05, 0) is 42.5 Å². The van der Waals surface area contributed by atoms with E-state index in [2.05, 4.69) is 121 Å². The summed E-state index contributed by atoms with van der Waals surface area (Å²) in [5.74, 6) is 5.81. The predicted octanol–water partition coefficient (Wildman–Crippen LogP) is 7.39. The Kier molecular flexibility index (Phi) is 5.70. The maximum atomic E-state index is 5.46. The summed E-state index contributed by atoms with van der Waals surface area (Å²) in [5, 5.41) is 6.17. The SMILES string of the molecule is CC.CC.CC.c1ccc2c(c1)C1=Nc3c4ccccc4c4n3C35N6C(=NC2=[N+]13)c1ccccc1C6NC1=[N+]5C(=N4)c2ccccc21. The molecule has 2 unspecified atom stereocenters. The molecule has 0 aliphatic carbocycles. The van der Waals surface area contributed by atoms with Gasteiger partial charge in [0.15, 0.2) is 6.17 Å². The number of amidine groups is 5. The van der Waals surface area contributed by atoms with E-state index in [0.717, 1.165) is 79.4 Å². The second-order valence-electron chi connectivity index (χ2n) is 11.4. The largest absolute Gasteiger partial charge is 0.401 e. The van der Waals surface area contributed by atoms with Crippen molar-refractivity contribution in [3.63, 3.8) is 0 Å². The van der Waals surface area contributed by atoms with Gasteiger partial charge in [-0.3, -0.25) is 5.32 Å². The first-order chi connectivity index (χ1) is 23.4. The van der Waals surface area contributed by atoms with E-state index in [4.69, 9.17) is 15.0 Å². The van der Waals surface area contributed by atoms with Gasteiger partial charge in [-0.2, -0.15) is 9.14 Å². The maximum absolute atomic E-state index is 5.46. The molecule has 7 aliphatic rings. The zero-order chi connectivity index (χ0) is 32.2. The van der Waals surface area contributed by atoms with Crippen molar-refractivity contribution >= 4 is 51.6 Å². The van der Waals surface area contributed by atoms with Crippen molar-refractivity contribution in [1.82, 2.24) is 14.8 Å². The van der Waals surface area contributed by atoms with E-state index in [1.807, 2.05) is 41.5 Å². The van der Waals surface area contributed by atoms with Crippen LogP contribution in [0.4, 0.5) is 11.6 Å². The standard InChI is InChI=1S/C33H17N8.3C2H6/c1-2-10-18-17(9-1)25-34-27-19-11-3-4-12-20(19)29-36-31-23-15-7-8-16-24(23)32-37-30-22-14-6-5-13-21(22)28-35-26(18)38(25)33(39(27)29,40(28)30)41(31)32;3*1-2/h1-16,25H;3*1-2H3/q+1;;;/p+1. The third-order valence-electron chi connectivity index (χ3n) is 9.64. The van der Waals surface area contributed by atoms with Gasteiger partial charge in [-0.25, -0.2) is 4.90 Å². The molecule has 8 nitrogen and oxygen atoms in total. The van der Waals surface area contributed by atoms with E-state index < -0.39 is 5.91 Å². The first-order valence-corrected chi connectivity index (χ1v) is 16.9. The van der Waals surface area contributed by atoms with Gasteiger partial charge in [0.05, 0.1) is 22.3 Å². The maximum Gasteiger partial charge on any atom is 0.401 e. The van der Waals surface area contributed by atoms with Crippen LogP contribution in [0.3, 0.4) is 0 Å². The van der Waals surface area contributed by atoms with E-state index in [-0.39, 0.29) is 6.17 Å². The van der Waals surface area contributed by atoms with Crippen LogP contribution in [0.2, 0.25) is 0 Å². The normalized spacial score (nSPS) is 21.2. The molecule has 0 radical (unpaired) electrons. The topological polar surface area (TPSA) is 63.3 Å². The molecule has 1 aromatic heterocycles. The summed E-state index contributed by atoms with van der Waals surface area (Å²) in [7, 11) is 0. The molecule has 2 atom stereocenters. The summed E-state index contributed by atoms with van der Waals surface area (Å²) >= 11 is 0. The van der Waals surface area contributed by atoms with E-state index in [1.54, 1.807) is 0 Å². The molecular formula is C39H36N8+2. The lowest BCUT2D eigenvalue weighted by atomic mass is 10.1. The van der Waals surface area contributed by atoms with Crippen molar-refractivity contribution in [3.05, 3.63) is 130 Å². The highest BCUT2D eigenvalue weighted by Gasteiger charge is 2.74. The van der Waals surface area contributed by atoms with E-state index in [1.165, 1.54) is 5.56 Å². The summed E-state index contributed by atoms with van der Waals surface area (Å²) in [6, 6.07) is 34.4. The molecule has 7 aliphatic heterocycles. The molecule has 12 rings (SSSR count). The fourth-order valence-electron chi connectivity index (χ4n) is 8.17. The molecule has 5 aromatic rings. The smallest absolute Gasteiger partial charge is 0.280 e. The van der Waals surface area contributed by atoms with E-state index in [9.17, 15) is 0 Å². The Labute approximate surface area is 274 Å². The molecule has 1 N–H and O–H groups in total. The van der Waals surface area contributed by atoms with Crippen molar-refractivity contribution in [1.29, 1.82) is 0 Å². The number of aromatic nitrogens is 1. The summed E-state index contributed by atoms with van der Waals surface area (Å²) in [4.78, 5) is 18.8. The predicted molar refractivity (Wildman–Crippen MR) is 189 cm³/mol. The monoisotopic (exact) mass is 616 g/mol. The molecule has 8 heteroatoms. The number of fused-ring (bicyclic) bond motifs is 12. The summed E-state index contributed by atoms with van der Waals surface area (Å²) in [5.41, 5.74) is 6.87. The van der Waals surface area contributed by atoms with Crippen LogP contribution in [0, 0.1) is 0 Å². The van der Waals surface area contributed by atoms with Gasteiger partial charge in [-0.15, -0.1) is 4.58 Å². The second-order valence-corrected chi connectivity index (χ2v) is 11.4. The number of nitrogens with zero attached hydrogens (tertiary/aromatic N) is 7. The first-order valence-electron chi connectivity index (χ1n) is 16.9. The van der Waals surface area contributed by atoms with Crippen LogP contribution in [0.25, 0.3) is 10.8 Å². The van der Waals surface area contributed by atoms with Crippen molar-refractivity contribution in [2.75, 3.05) is 0 Å². The van der Waals surface area contributed by atoms with Crippen molar-refractivity contribution in [2.45, 2.75) is 53.6 Å². The zero-order valence-electron chi connectivity index (χ0n) is 27.4. The molecule has 0 fully saturated rings. The van der Waals surface area contributed by atoms with Gasteiger partial charge < -0.3 is 0 Å². The molecule has 0 amide bonds. The average molecular weight is 617 g/mol. The summed E-state index contributed by atoms with van der Waals surface area (Å²) in [6.07, 6.45) is -0.127. The van der Waals surface area contributed by atoms with Gasteiger partial charge in [-0.1, -0.05) is 111 Å². The lowest BCUT2D eigenvalue weighted by Crippen LogP contribution is -2.75. The number of rotatable bonds is 0. The minimum atomic E-state index is -0.855. The Morgan fingerprint density at radius 3 is 1.74 bits per heavy atom. The van der Waals surface area contributed by atoms with Crippen molar-refractivity contribution in [2.24, 2.45) is 15.0 Å². The van der Waals surface area contributed by atoms with Gasteiger partial charge >= 0.3 is 5.91 Å². The molecule has 8 heterocycles. The Hall–Kier alpha value is -5.63. The molecule has 0 saturated carbocycles. The van der Waals surface area contributed by atoms with Crippen LogP contribution in [0.5, 0.6) is 0 Å². The third-order valence-corrected chi connectivity index (χ3v) is 9.64. The van der Waals surface area contributed by atoms with Crippen molar-refractivity contribution < 1.29 is 9.15 Å². The highest BCUT2D eigenvalue weighted by molar-refractivity contribution is 6.24. The second kappa shape index (κ2) is 9.69. The Bertz CT molecular complexity index is 2330. The Balaban J connectivity index is 0.000000480. The minimum Gasteiger partial charge on any atom is -0.280 e. The molecule has 47 heavy (non-hydrogen) atoms. The summed E-state index contributed by atoms with van der Waals surface area (Å²) in [6.45, 7) is 12.0. The van der Waals surface area contributed by atoms with Crippen LogP contribution < -0.4 is 5.32 Å². The molecule has 230 valence electrons. The summed E-state index contributed by atoms with van der Waals surface area (Å²) < 4.78 is 7.15. The van der Waals surface area contributed by atoms with Crippen molar-refractivity contribution in [3.8, 4) is 0 Å². The Morgan fingerprint density at radius 1 is 0.574 bits per heavy atom. The fourth-order valence-corrected chi connectivity index (χ4v) is 8.17. The number of hydrogen-bond donors (Lipinski definition) is 1.